The van der Waals surface area contributed by atoms with E-state index in [9.17, 15) is 10.2 Å². The minimum absolute atomic E-state index is 0.0779. The zero-order valence-corrected chi connectivity index (χ0v) is 18.3. The molecular weight excluding hydrogens is 356 g/mol. The topological polar surface area (TPSA) is 40.5 Å². The second-order valence-electron chi connectivity index (χ2n) is 9.80. The van der Waals surface area contributed by atoms with Gasteiger partial charge in [-0.2, -0.15) is 0 Å². The van der Waals surface area contributed by atoms with Gasteiger partial charge in [0, 0.05) is 5.56 Å². The molecule has 0 fully saturated rings. The summed E-state index contributed by atoms with van der Waals surface area (Å²) in [6.45, 7) is 13.1. The quantitative estimate of drug-likeness (QED) is 0.496. The van der Waals surface area contributed by atoms with Crippen LogP contribution in [-0.4, -0.2) is 10.2 Å². The summed E-state index contributed by atoms with van der Waals surface area (Å²) in [4.78, 5) is 0. The Morgan fingerprint density at radius 1 is 0.552 bits per heavy atom. The Hall–Kier alpha value is -2.42. The minimum atomic E-state index is -1.55. The third kappa shape index (κ3) is 4.60. The molecule has 3 aromatic rings. The van der Waals surface area contributed by atoms with E-state index in [1.807, 2.05) is 18.2 Å². The smallest absolute Gasteiger partial charge is 0.179 e. The fraction of sp³-hybridized carbons (Fsp3) is 0.333. The van der Waals surface area contributed by atoms with Crippen LogP contribution in [0.3, 0.4) is 0 Å². The number of hydrogen-bond donors (Lipinski definition) is 2. The average molecular weight is 389 g/mol. The Morgan fingerprint density at radius 3 is 1.17 bits per heavy atom. The van der Waals surface area contributed by atoms with Crippen molar-refractivity contribution in [1.82, 2.24) is 0 Å². The first kappa shape index (κ1) is 21.3. The van der Waals surface area contributed by atoms with Gasteiger partial charge in [0.25, 0.3) is 0 Å². The monoisotopic (exact) mass is 388 g/mol. The van der Waals surface area contributed by atoms with Crippen molar-refractivity contribution in [3.8, 4) is 22.3 Å². The van der Waals surface area contributed by atoms with E-state index in [-0.39, 0.29) is 10.8 Å². The third-order valence-corrected chi connectivity index (χ3v) is 5.49. The van der Waals surface area contributed by atoms with Gasteiger partial charge in [-0.05, 0) is 44.2 Å². The van der Waals surface area contributed by atoms with Crippen LogP contribution in [-0.2, 0) is 10.8 Å². The molecule has 0 atom stereocenters. The van der Waals surface area contributed by atoms with Crippen LogP contribution in [0.1, 0.15) is 64.5 Å². The summed E-state index contributed by atoms with van der Waals surface area (Å²) < 4.78 is 0. The average Bonchev–Trinajstić information content (AvgIpc) is 2.66. The van der Waals surface area contributed by atoms with Gasteiger partial charge in [-0.25, -0.2) is 0 Å². The first-order valence-corrected chi connectivity index (χ1v) is 10.2. The van der Waals surface area contributed by atoms with Gasteiger partial charge in [0.15, 0.2) is 6.29 Å². The van der Waals surface area contributed by atoms with Crippen molar-refractivity contribution in [2.24, 2.45) is 0 Å². The summed E-state index contributed by atoms with van der Waals surface area (Å²) in [6.07, 6.45) is -1.55. The zero-order chi connectivity index (χ0) is 21.4. The minimum Gasteiger partial charge on any atom is -0.364 e. The largest absolute Gasteiger partial charge is 0.364 e. The molecule has 29 heavy (non-hydrogen) atoms. The normalized spacial score (nSPS) is 12.4. The summed E-state index contributed by atoms with van der Waals surface area (Å²) in [5, 5.41) is 20.5. The molecule has 0 aromatic heterocycles. The van der Waals surface area contributed by atoms with Crippen LogP contribution in [0.2, 0.25) is 0 Å². The first-order chi connectivity index (χ1) is 13.5. The molecular formula is C27H32O2. The lowest BCUT2D eigenvalue weighted by molar-refractivity contribution is -0.0415. The third-order valence-electron chi connectivity index (χ3n) is 5.49. The van der Waals surface area contributed by atoms with Gasteiger partial charge >= 0.3 is 0 Å². The molecule has 3 aromatic carbocycles. The second-order valence-corrected chi connectivity index (χ2v) is 9.80. The molecule has 3 rings (SSSR count). The lowest BCUT2D eigenvalue weighted by atomic mass is 9.84. The summed E-state index contributed by atoms with van der Waals surface area (Å²) in [5.41, 5.74) is 6.85. The number of hydrogen-bond acceptors (Lipinski definition) is 2. The molecule has 0 heterocycles. The van der Waals surface area contributed by atoms with Crippen LogP contribution >= 0.6 is 0 Å². The highest BCUT2D eigenvalue weighted by atomic mass is 16.5. The Balaban J connectivity index is 2.10. The maximum Gasteiger partial charge on any atom is 0.179 e. The van der Waals surface area contributed by atoms with E-state index in [1.54, 1.807) is 0 Å². The van der Waals surface area contributed by atoms with Crippen molar-refractivity contribution >= 4 is 0 Å². The highest BCUT2D eigenvalue weighted by Gasteiger charge is 2.19. The van der Waals surface area contributed by atoms with E-state index in [0.717, 1.165) is 22.3 Å². The van der Waals surface area contributed by atoms with Gasteiger partial charge in [0.2, 0.25) is 0 Å². The Bertz CT molecular complexity index is 891. The molecule has 2 heteroatoms. The van der Waals surface area contributed by atoms with E-state index in [2.05, 4.69) is 90.1 Å². The van der Waals surface area contributed by atoms with Crippen molar-refractivity contribution in [2.75, 3.05) is 0 Å². The van der Waals surface area contributed by atoms with Crippen LogP contribution in [0.4, 0.5) is 0 Å². The molecule has 0 aliphatic carbocycles. The number of rotatable bonds is 3. The maximum absolute atomic E-state index is 10.2. The molecule has 0 radical (unpaired) electrons. The van der Waals surface area contributed by atoms with Crippen molar-refractivity contribution < 1.29 is 10.2 Å². The number of aliphatic hydroxyl groups is 2. The van der Waals surface area contributed by atoms with Crippen molar-refractivity contribution in [1.29, 1.82) is 0 Å². The molecule has 0 spiro atoms. The van der Waals surface area contributed by atoms with Crippen LogP contribution in [0.25, 0.3) is 22.3 Å². The van der Waals surface area contributed by atoms with Crippen LogP contribution < -0.4 is 0 Å². The SMILES string of the molecule is CC(C)(C)c1ccc(-c2cccc(-c3ccc(C(C)(C)C)cc3)c2C(O)O)cc1. The Kier molecular flexibility index (Phi) is 5.71. The van der Waals surface area contributed by atoms with Gasteiger partial charge in [-0.3, -0.25) is 0 Å². The Morgan fingerprint density at radius 2 is 0.897 bits per heavy atom. The lowest BCUT2D eigenvalue weighted by Gasteiger charge is -2.21. The molecule has 0 unspecified atom stereocenters. The number of benzene rings is 3. The fourth-order valence-corrected chi connectivity index (χ4v) is 3.65. The van der Waals surface area contributed by atoms with Gasteiger partial charge in [0.1, 0.15) is 0 Å². The molecule has 0 aliphatic heterocycles. The first-order valence-electron chi connectivity index (χ1n) is 10.2. The lowest BCUT2D eigenvalue weighted by Crippen LogP contribution is -2.10. The fourth-order valence-electron chi connectivity index (χ4n) is 3.65. The van der Waals surface area contributed by atoms with Gasteiger partial charge in [-0.15, -0.1) is 0 Å². The summed E-state index contributed by atoms with van der Waals surface area (Å²) in [6, 6.07) is 22.6. The highest BCUT2D eigenvalue weighted by Crippen LogP contribution is 2.37. The highest BCUT2D eigenvalue weighted by molar-refractivity contribution is 5.79. The van der Waals surface area contributed by atoms with Crippen molar-refractivity contribution in [2.45, 2.75) is 58.7 Å². The molecule has 0 saturated carbocycles. The van der Waals surface area contributed by atoms with Crippen LogP contribution in [0, 0.1) is 0 Å². The summed E-state index contributed by atoms with van der Waals surface area (Å²) in [5.74, 6) is 0. The van der Waals surface area contributed by atoms with Crippen molar-refractivity contribution in [3.63, 3.8) is 0 Å². The maximum atomic E-state index is 10.2. The molecule has 0 bridgehead atoms. The van der Waals surface area contributed by atoms with Crippen molar-refractivity contribution in [3.05, 3.63) is 83.4 Å². The standard InChI is InChI=1S/C27H32O2/c1-26(2,3)20-14-10-18(11-15-20)22-8-7-9-23(24(22)25(28)29)19-12-16-21(17-13-19)27(4,5)6/h7-17,25,28-29H,1-6H3. The zero-order valence-electron chi connectivity index (χ0n) is 18.3. The van der Waals surface area contributed by atoms with Gasteiger partial charge < -0.3 is 10.2 Å². The van der Waals surface area contributed by atoms with Gasteiger partial charge in [0.05, 0.1) is 0 Å². The molecule has 0 amide bonds. The van der Waals surface area contributed by atoms with E-state index in [1.165, 1.54) is 11.1 Å². The van der Waals surface area contributed by atoms with Crippen LogP contribution in [0.5, 0.6) is 0 Å². The summed E-state index contributed by atoms with van der Waals surface area (Å²) in [7, 11) is 0. The van der Waals surface area contributed by atoms with E-state index >= 15 is 0 Å². The second kappa shape index (κ2) is 7.78. The van der Waals surface area contributed by atoms with E-state index < -0.39 is 6.29 Å². The molecule has 2 N–H and O–H groups in total. The molecule has 152 valence electrons. The molecule has 0 aliphatic rings. The number of aliphatic hydroxyl groups excluding tert-OH is 1. The van der Waals surface area contributed by atoms with E-state index in [4.69, 9.17) is 0 Å². The predicted octanol–water partition coefficient (Wildman–Crippen LogP) is 6.60. The summed E-state index contributed by atoms with van der Waals surface area (Å²) >= 11 is 0. The van der Waals surface area contributed by atoms with Crippen LogP contribution in [0.15, 0.2) is 66.7 Å². The molecule has 2 nitrogen and oxygen atoms in total. The Labute approximate surface area is 174 Å². The predicted molar refractivity (Wildman–Crippen MR) is 122 cm³/mol. The molecule has 0 saturated heterocycles. The van der Waals surface area contributed by atoms with E-state index in [0.29, 0.717) is 5.56 Å². The van der Waals surface area contributed by atoms with Gasteiger partial charge in [-0.1, -0.05) is 108 Å².